The van der Waals surface area contributed by atoms with Gasteiger partial charge in [0, 0.05) is 31.7 Å². The molecule has 4 N–H and O–H groups in total. The molecule has 1 atom stereocenters. The number of carbonyl (C=O) groups excluding carboxylic acids is 2. The number of anilines is 1. The summed E-state index contributed by atoms with van der Waals surface area (Å²) in [6.45, 7) is 3.28. The van der Waals surface area contributed by atoms with Crippen molar-refractivity contribution in [1.82, 2.24) is 10.6 Å². The van der Waals surface area contributed by atoms with Crippen LogP contribution >= 0.6 is 15.9 Å². The fourth-order valence-electron chi connectivity index (χ4n) is 2.59. The number of rotatable bonds is 12. The minimum Gasteiger partial charge on any atom is -0.490 e. The van der Waals surface area contributed by atoms with Crippen LogP contribution in [0.1, 0.15) is 18.9 Å². The summed E-state index contributed by atoms with van der Waals surface area (Å²) in [7, 11) is 0. The number of ether oxygens (including phenoxy) is 1. The largest absolute Gasteiger partial charge is 0.490 e. The Hall–Kier alpha value is -2.42. The normalized spacial score (nSPS) is 11.6. The molecule has 30 heavy (non-hydrogen) atoms. The summed E-state index contributed by atoms with van der Waals surface area (Å²) in [4.78, 5) is 23.3. The average Bonchev–Trinajstić information content (AvgIpc) is 2.73. The van der Waals surface area contributed by atoms with E-state index in [1.807, 2.05) is 30.3 Å². The van der Waals surface area contributed by atoms with Gasteiger partial charge in [0.2, 0.25) is 11.8 Å². The zero-order valence-electron chi connectivity index (χ0n) is 17.0. The lowest BCUT2D eigenvalue weighted by atomic mass is 10.1. The van der Waals surface area contributed by atoms with E-state index in [1.54, 1.807) is 25.1 Å². The maximum absolute atomic E-state index is 11.9. The highest BCUT2D eigenvalue weighted by atomic mass is 79.9. The van der Waals surface area contributed by atoms with Gasteiger partial charge in [-0.3, -0.25) is 9.59 Å². The summed E-state index contributed by atoms with van der Waals surface area (Å²) >= 11 is 3.41. The molecule has 0 aliphatic rings. The Labute approximate surface area is 185 Å². The summed E-state index contributed by atoms with van der Waals surface area (Å²) in [6.07, 6.45) is 0.0650. The van der Waals surface area contributed by atoms with Gasteiger partial charge in [0.25, 0.3) is 0 Å². The lowest BCUT2D eigenvalue weighted by Crippen LogP contribution is -2.37. The van der Waals surface area contributed by atoms with Crippen LogP contribution in [-0.2, 0) is 16.0 Å². The Morgan fingerprint density at radius 2 is 1.87 bits per heavy atom. The van der Waals surface area contributed by atoms with Crippen molar-refractivity contribution in [2.75, 3.05) is 31.6 Å². The van der Waals surface area contributed by atoms with Crippen LogP contribution in [0.25, 0.3) is 0 Å². The van der Waals surface area contributed by atoms with Gasteiger partial charge in [0.05, 0.1) is 10.9 Å². The number of nitrogens with one attached hydrogen (secondary N) is 3. The second-order valence-corrected chi connectivity index (χ2v) is 7.58. The molecule has 2 amide bonds. The Morgan fingerprint density at radius 3 is 2.57 bits per heavy atom. The summed E-state index contributed by atoms with van der Waals surface area (Å²) in [5.41, 5.74) is 1.65. The summed E-state index contributed by atoms with van der Waals surface area (Å²) in [5, 5.41) is 18.8. The number of carbonyl (C=O) groups is 2. The molecule has 0 aromatic heterocycles. The predicted molar refractivity (Wildman–Crippen MR) is 121 cm³/mol. The molecule has 0 spiro atoms. The number of halogens is 1. The van der Waals surface area contributed by atoms with E-state index in [-0.39, 0.29) is 18.4 Å². The topological polar surface area (TPSA) is 99.7 Å². The maximum atomic E-state index is 11.9. The fraction of sp³-hybridized carbons (Fsp3) is 0.364. The molecule has 0 radical (unpaired) electrons. The summed E-state index contributed by atoms with van der Waals surface area (Å²) in [6, 6.07) is 14.8. The van der Waals surface area contributed by atoms with Crippen molar-refractivity contribution in [3.8, 4) is 5.75 Å². The first kappa shape index (κ1) is 23.9. The molecule has 1 unspecified atom stereocenters. The quantitative estimate of drug-likeness (QED) is 0.352. The molecular weight excluding hydrogens is 450 g/mol. The van der Waals surface area contributed by atoms with Crippen molar-refractivity contribution in [1.29, 1.82) is 0 Å². The molecule has 162 valence electrons. The molecule has 7 nitrogen and oxygen atoms in total. The molecular formula is C22H28BrN3O4. The molecule has 0 aliphatic heterocycles. The molecule has 0 bridgehead atoms. The van der Waals surface area contributed by atoms with Crippen molar-refractivity contribution in [3.05, 3.63) is 58.6 Å². The minimum absolute atomic E-state index is 0.0321. The van der Waals surface area contributed by atoms with Crippen molar-refractivity contribution in [2.45, 2.75) is 25.9 Å². The second-order valence-electron chi connectivity index (χ2n) is 6.73. The fourth-order valence-corrected chi connectivity index (χ4v) is 3.09. The summed E-state index contributed by atoms with van der Waals surface area (Å²) < 4.78 is 6.32. The number of aliphatic hydroxyl groups is 1. The van der Waals surface area contributed by atoms with Crippen LogP contribution in [0.4, 0.5) is 5.69 Å². The zero-order chi connectivity index (χ0) is 21.8. The zero-order valence-corrected chi connectivity index (χ0v) is 18.6. The Kier molecular flexibility index (Phi) is 10.3. The van der Waals surface area contributed by atoms with Crippen LogP contribution in [0.2, 0.25) is 0 Å². The molecule has 2 aromatic carbocycles. The second kappa shape index (κ2) is 13.0. The van der Waals surface area contributed by atoms with E-state index in [0.717, 1.165) is 5.56 Å². The number of benzene rings is 2. The molecule has 2 aromatic rings. The predicted octanol–water partition coefficient (Wildman–Crippen LogP) is 2.49. The van der Waals surface area contributed by atoms with Gasteiger partial charge in [-0.1, -0.05) is 37.3 Å². The summed E-state index contributed by atoms with van der Waals surface area (Å²) in [5.74, 6) is 0.486. The van der Waals surface area contributed by atoms with Gasteiger partial charge in [0.15, 0.2) is 0 Å². The van der Waals surface area contributed by atoms with Gasteiger partial charge < -0.3 is 25.8 Å². The third-order valence-electron chi connectivity index (χ3n) is 4.18. The van der Waals surface area contributed by atoms with E-state index < -0.39 is 6.10 Å². The number of aliphatic hydroxyl groups excluding tert-OH is 1. The van der Waals surface area contributed by atoms with Gasteiger partial charge in [0.1, 0.15) is 18.5 Å². The van der Waals surface area contributed by atoms with Gasteiger partial charge in [-0.2, -0.15) is 0 Å². The standard InChI is InChI=1S/C22H28BrN3O4/c1-2-21(28)26-17-8-9-20(19(23)13-17)30-15-18(27)14-24-10-11-25-22(29)12-16-6-4-3-5-7-16/h3-9,13,18,24,27H,2,10-12,14-15H2,1H3,(H,25,29)(H,26,28). The van der Waals surface area contributed by atoms with E-state index >= 15 is 0 Å². The first-order chi connectivity index (χ1) is 14.5. The first-order valence-corrected chi connectivity index (χ1v) is 10.7. The molecule has 0 heterocycles. The van der Waals surface area contributed by atoms with E-state index in [4.69, 9.17) is 4.74 Å². The highest BCUT2D eigenvalue weighted by molar-refractivity contribution is 9.10. The van der Waals surface area contributed by atoms with Gasteiger partial charge in [-0.15, -0.1) is 0 Å². The number of hydrogen-bond acceptors (Lipinski definition) is 5. The molecule has 2 rings (SSSR count). The third kappa shape index (κ3) is 8.94. The van der Waals surface area contributed by atoms with Gasteiger partial charge in [-0.25, -0.2) is 0 Å². The SMILES string of the molecule is CCC(=O)Nc1ccc(OCC(O)CNCCNC(=O)Cc2ccccc2)c(Br)c1. The van der Waals surface area contributed by atoms with E-state index in [2.05, 4.69) is 31.9 Å². The van der Waals surface area contributed by atoms with Crippen LogP contribution in [-0.4, -0.2) is 49.3 Å². The monoisotopic (exact) mass is 477 g/mol. The molecule has 0 aliphatic carbocycles. The van der Waals surface area contributed by atoms with Crippen LogP contribution in [0, 0.1) is 0 Å². The van der Waals surface area contributed by atoms with Crippen LogP contribution < -0.4 is 20.7 Å². The average molecular weight is 478 g/mol. The Morgan fingerprint density at radius 1 is 1.10 bits per heavy atom. The van der Waals surface area contributed by atoms with Crippen molar-refractivity contribution in [3.63, 3.8) is 0 Å². The van der Waals surface area contributed by atoms with Crippen LogP contribution in [0.5, 0.6) is 5.75 Å². The molecule has 0 saturated heterocycles. The number of amides is 2. The lowest BCUT2D eigenvalue weighted by Gasteiger charge is -2.15. The minimum atomic E-state index is -0.698. The van der Waals surface area contributed by atoms with Crippen LogP contribution in [0.3, 0.4) is 0 Å². The smallest absolute Gasteiger partial charge is 0.224 e. The first-order valence-electron chi connectivity index (χ1n) is 9.89. The van der Waals surface area contributed by atoms with E-state index in [9.17, 15) is 14.7 Å². The van der Waals surface area contributed by atoms with E-state index in [1.165, 1.54) is 0 Å². The molecule has 0 saturated carbocycles. The van der Waals surface area contributed by atoms with Crippen molar-refractivity contribution >= 4 is 33.4 Å². The Balaban J connectivity index is 1.60. The van der Waals surface area contributed by atoms with Gasteiger partial charge in [-0.05, 0) is 39.7 Å². The van der Waals surface area contributed by atoms with E-state index in [0.29, 0.717) is 48.4 Å². The van der Waals surface area contributed by atoms with Crippen LogP contribution in [0.15, 0.2) is 53.0 Å². The Bertz CT molecular complexity index is 817. The highest BCUT2D eigenvalue weighted by Gasteiger charge is 2.09. The van der Waals surface area contributed by atoms with Gasteiger partial charge >= 0.3 is 0 Å². The maximum Gasteiger partial charge on any atom is 0.224 e. The molecule has 0 fully saturated rings. The lowest BCUT2D eigenvalue weighted by molar-refractivity contribution is -0.120. The van der Waals surface area contributed by atoms with Crippen molar-refractivity contribution in [2.24, 2.45) is 0 Å². The third-order valence-corrected chi connectivity index (χ3v) is 4.80. The number of hydrogen-bond donors (Lipinski definition) is 4. The van der Waals surface area contributed by atoms with Crippen molar-refractivity contribution < 1.29 is 19.4 Å². The highest BCUT2D eigenvalue weighted by Crippen LogP contribution is 2.28. The molecule has 8 heteroatoms.